The maximum Gasteiger partial charge on any atom is 0.216 e. The molecule has 9 rings (SSSR count). The Balaban J connectivity index is 0.000000261. The first-order chi connectivity index (χ1) is 32.8. The van der Waals surface area contributed by atoms with Gasteiger partial charge in [-0.2, -0.15) is 0 Å². The molecule has 0 N–H and O–H groups in total. The molecule has 0 amide bonds. The Hall–Kier alpha value is -5.14. The second-order valence-electron chi connectivity index (χ2n) is 21.1. The van der Waals surface area contributed by atoms with E-state index in [9.17, 15) is 0 Å². The van der Waals surface area contributed by atoms with Crippen molar-refractivity contribution < 1.29 is 30.0 Å². The molecule has 0 bridgehead atoms. The molecule has 4 aromatic heterocycles. The van der Waals surface area contributed by atoms with Crippen molar-refractivity contribution in [3.63, 3.8) is 0 Å². The third-order valence-electron chi connectivity index (χ3n) is 11.5. The Labute approximate surface area is 421 Å². The van der Waals surface area contributed by atoms with Crippen LogP contribution in [-0.4, -0.2) is 32.8 Å². The van der Waals surface area contributed by atoms with Crippen LogP contribution in [0.4, 0.5) is 0 Å². The molecule has 0 atom stereocenters. The molecule has 67 heavy (non-hydrogen) atoms. The summed E-state index contributed by atoms with van der Waals surface area (Å²) < 4.78 is 45.1. The molecule has 0 aliphatic rings. The zero-order valence-electron chi connectivity index (χ0n) is 45.3. The number of rotatable bonds is 9. The number of benzene rings is 5. The van der Waals surface area contributed by atoms with Crippen molar-refractivity contribution >= 4 is 50.8 Å². The quantitative estimate of drug-likeness (QED) is 0.107. The van der Waals surface area contributed by atoms with Gasteiger partial charge in [-0.3, -0.25) is 4.98 Å². The molecule has 0 saturated heterocycles. The van der Waals surface area contributed by atoms with Crippen LogP contribution in [0.15, 0.2) is 132 Å². The predicted octanol–water partition coefficient (Wildman–Crippen LogP) is 16.0. The molecule has 1 radical (unpaired) electrons. The van der Waals surface area contributed by atoms with Gasteiger partial charge in [-0.25, -0.2) is 4.98 Å². The van der Waals surface area contributed by atoms with Gasteiger partial charge in [0.1, 0.15) is 0 Å². The van der Waals surface area contributed by atoms with Crippen molar-refractivity contribution in [2.45, 2.75) is 111 Å². The molecule has 0 unspecified atom stereocenters. The fourth-order valence-corrected chi connectivity index (χ4v) is 11.5. The zero-order chi connectivity index (χ0) is 50.7. The molecule has 7 heteroatoms. The molecular weight excluding hydrogens is 1060 g/mol. The standard InChI is InChI=1S/C41H40N3O.C19H26GeN.Ir/c1-25(2)33-22-28(27-14-9-8-10-15-27)23-34(26(3)4)37(33)44-36-19-12-11-18-35(36)43-39(44)32-17-13-16-30-31-21-20-29(24-41(5,6)7)42-40(31)45-38(30)32;1-19(2,3)13-16-12-18(15-10-8-7-9-11-15)21-14-17(16)20(4,5)6;/h8-16,18-23,25-26H,24H2,1-7H3;7-10,12,14H,13H2,1-6H3;/q2*-1;/i24D2;13D2;. The molecule has 9 aromatic rings. The number of imidazole rings is 1. The van der Waals surface area contributed by atoms with Crippen LogP contribution in [-0.2, 0) is 32.9 Å². The van der Waals surface area contributed by atoms with Gasteiger partial charge < -0.3 is 8.98 Å². The number of para-hydroxylation sites is 2. The number of hydrogen-bond donors (Lipinski definition) is 0. The molecule has 0 saturated carbocycles. The van der Waals surface area contributed by atoms with E-state index in [1.807, 2.05) is 102 Å². The van der Waals surface area contributed by atoms with E-state index < -0.39 is 36.8 Å². The number of pyridine rings is 2. The van der Waals surface area contributed by atoms with E-state index in [2.05, 4.69) is 127 Å². The Kier molecular flexibility index (Phi) is 13.1. The van der Waals surface area contributed by atoms with Crippen molar-refractivity contribution in [1.82, 2.24) is 19.5 Å². The third-order valence-corrected chi connectivity index (χ3v) is 15.8. The Morgan fingerprint density at radius 1 is 0.687 bits per heavy atom. The third kappa shape index (κ3) is 11.1. The smallest absolute Gasteiger partial charge is 0.216 e. The summed E-state index contributed by atoms with van der Waals surface area (Å²) in [7, 11) is 0. The number of hydrogen-bond acceptors (Lipinski definition) is 4. The summed E-state index contributed by atoms with van der Waals surface area (Å²) in [6, 6.07) is 47.5. The summed E-state index contributed by atoms with van der Waals surface area (Å²) in [6.07, 6.45) is -1.14. The van der Waals surface area contributed by atoms with Crippen LogP contribution in [0.1, 0.15) is 109 Å². The number of fused-ring (bicyclic) bond motifs is 4. The van der Waals surface area contributed by atoms with E-state index in [1.165, 1.54) is 22.3 Å². The second-order valence-corrected chi connectivity index (χ2v) is 31.6. The van der Waals surface area contributed by atoms with Crippen LogP contribution in [0, 0.1) is 23.0 Å². The van der Waals surface area contributed by atoms with Gasteiger partial charge in [0.15, 0.2) is 0 Å². The van der Waals surface area contributed by atoms with E-state index in [4.69, 9.17) is 19.9 Å². The fourth-order valence-electron chi connectivity index (χ4n) is 8.54. The van der Waals surface area contributed by atoms with E-state index in [-0.39, 0.29) is 31.9 Å². The molecule has 4 heterocycles. The van der Waals surface area contributed by atoms with E-state index in [0.29, 0.717) is 17.0 Å². The normalized spacial score (nSPS) is 13.5. The molecule has 0 aliphatic heterocycles. The van der Waals surface area contributed by atoms with Crippen LogP contribution >= 0.6 is 0 Å². The number of furan rings is 1. The minimum absolute atomic E-state index is 0. The Morgan fingerprint density at radius 2 is 1.34 bits per heavy atom. The van der Waals surface area contributed by atoms with Crippen LogP contribution < -0.4 is 4.40 Å². The summed E-state index contributed by atoms with van der Waals surface area (Å²) in [5, 5.41) is 1.74. The van der Waals surface area contributed by atoms with Gasteiger partial charge in [0.2, 0.25) is 5.71 Å². The van der Waals surface area contributed by atoms with Crippen LogP contribution in [0.25, 0.3) is 72.6 Å². The van der Waals surface area contributed by atoms with Gasteiger partial charge in [0.25, 0.3) is 0 Å². The topological polar surface area (TPSA) is 56.7 Å². The first-order valence-corrected chi connectivity index (χ1v) is 30.6. The fraction of sp³-hybridized carbons (Fsp3) is 0.317. The summed E-state index contributed by atoms with van der Waals surface area (Å²) in [6.45, 7) is 20.5. The zero-order valence-corrected chi connectivity index (χ0v) is 45.8. The van der Waals surface area contributed by atoms with Crippen molar-refractivity contribution in [3.8, 4) is 39.5 Å². The largest absolute Gasteiger partial charge is 0.486 e. The average molecular weight is 1130 g/mol. The van der Waals surface area contributed by atoms with Gasteiger partial charge in [0.05, 0.1) is 22.4 Å². The van der Waals surface area contributed by atoms with Gasteiger partial charge in [-0.1, -0.05) is 102 Å². The maximum absolute atomic E-state index is 8.81. The van der Waals surface area contributed by atoms with Gasteiger partial charge >= 0.3 is 135 Å². The SMILES string of the molecule is [2H]C([2H])(c1cc(-c2[c-]cccc2)nc[c]1[Ge]([CH3])([CH3])[CH3])C(C)(C)C.[2H]C([2H])(c1ccc2c(n1)oc1c(-c3nc4ccccc4n3-c3c(C(C)C)cc(-c4ccccc4)cc3C(C)C)[c-]ccc12)C(C)(C)C.[Ir]. The average Bonchev–Trinajstić information content (AvgIpc) is 3.89. The molecule has 0 spiro atoms. The number of nitrogens with zero attached hydrogens (tertiary/aromatic N) is 4. The van der Waals surface area contributed by atoms with Gasteiger partial charge in [0, 0.05) is 39.6 Å². The van der Waals surface area contributed by atoms with E-state index in [1.54, 1.807) is 6.07 Å². The second kappa shape index (κ2) is 19.8. The van der Waals surface area contributed by atoms with Crippen molar-refractivity contribution in [2.24, 2.45) is 10.8 Å². The van der Waals surface area contributed by atoms with Gasteiger partial charge in [-0.05, 0) is 82.3 Å². The molecular formula is C60H66GeIrN4O-2. The van der Waals surface area contributed by atoms with Crippen LogP contribution in [0.5, 0.6) is 0 Å². The monoisotopic (exact) mass is 1130 g/mol. The van der Waals surface area contributed by atoms with Crippen LogP contribution in [0.3, 0.4) is 0 Å². The van der Waals surface area contributed by atoms with E-state index in [0.717, 1.165) is 60.1 Å². The minimum atomic E-state index is -2.24. The molecule has 0 fully saturated rings. The van der Waals surface area contributed by atoms with Gasteiger partial charge in [-0.15, -0.1) is 18.2 Å². The Bertz CT molecular complexity index is 3310. The maximum atomic E-state index is 8.81. The van der Waals surface area contributed by atoms with Crippen LogP contribution in [0.2, 0.25) is 17.3 Å². The minimum Gasteiger partial charge on any atom is -0.486 e. The molecule has 0 aliphatic carbocycles. The first-order valence-electron chi connectivity index (χ1n) is 25.2. The van der Waals surface area contributed by atoms with E-state index >= 15 is 0 Å². The van der Waals surface area contributed by atoms with Crippen molar-refractivity contribution in [1.29, 1.82) is 0 Å². The summed E-state index contributed by atoms with van der Waals surface area (Å²) in [4.78, 5) is 14.6. The van der Waals surface area contributed by atoms with Crippen molar-refractivity contribution in [2.75, 3.05) is 0 Å². The molecule has 5 nitrogen and oxygen atoms in total. The summed E-state index contributed by atoms with van der Waals surface area (Å²) in [5.41, 5.74) is 11.5. The summed E-state index contributed by atoms with van der Waals surface area (Å²) in [5.74, 6) is 8.09. The number of aromatic nitrogens is 4. The first kappa shape index (κ1) is 44.4. The predicted molar refractivity (Wildman–Crippen MR) is 282 cm³/mol. The molecule has 5 aromatic carbocycles. The summed E-state index contributed by atoms with van der Waals surface area (Å²) >= 11 is -2.24. The van der Waals surface area contributed by atoms with Crippen molar-refractivity contribution in [3.05, 3.63) is 162 Å². The molecule has 347 valence electrons. The Morgan fingerprint density at radius 3 is 1.97 bits per heavy atom.